The van der Waals surface area contributed by atoms with Gasteiger partial charge in [-0.3, -0.25) is 0 Å². The average molecular weight is 349 g/mol. The largest absolute Gasteiger partial charge is 0.507 e. The highest BCUT2D eigenvalue weighted by Crippen LogP contribution is 2.40. The highest BCUT2D eigenvalue weighted by Gasteiger charge is 2.26. The maximum absolute atomic E-state index is 12.0. The summed E-state index contributed by atoms with van der Waals surface area (Å²) in [7, 11) is -3.58. The van der Waals surface area contributed by atoms with Crippen molar-refractivity contribution in [1.29, 1.82) is 5.26 Å². The summed E-state index contributed by atoms with van der Waals surface area (Å²) in [6.07, 6.45) is 1.39. The number of nitriles is 1. The van der Waals surface area contributed by atoms with Crippen molar-refractivity contribution in [2.45, 2.75) is 59.3 Å². The number of phenols is 1. The van der Waals surface area contributed by atoms with Gasteiger partial charge in [0.15, 0.2) is 9.84 Å². The molecule has 0 radical (unpaired) electrons. The van der Waals surface area contributed by atoms with Crippen molar-refractivity contribution >= 4 is 15.9 Å². The van der Waals surface area contributed by atoms with Gasteiger partial charge in [-0.15, -0.1) is 0 Å². The van der Waals surface area contributed by atoms with E-state index in [0.29, 0.717) is 5.56 Å². The van der Waals surface area contributed by atoms with E-state index in [4.69, 9.17) is 0 Å². The van der Waals surface area contributed by atoms with Gasteiger partial charge in [-0.1, -0.05) is 48.5 Å². The molecular formula is C19H27NO3S. The number of rotatable bonds is 3. The van der Waals surface area contributed by atoms with Crippen molar-refractivity contribution < 1.29 is 13.5 Å². The number of sulfone groups is 1. The van der Waals surface area contributed by atoms with Crippen LogP contribution in [0.15, 0.2) is 17.0 Å². The zero-order chi connectivity index (χ0) is 18.9. The fourth-order valence-electron chi connectivity index (χ4n) is 2.38. The van der Waals surface area contributed by atoms with Crippen LogP contribution >= 0.6 is 0 Å². The zero-order valence-electron chi connectivity index (χ0n) is 15.6. The van der Waals surface area contributed by atoms with Gasteiger partial charge >= 0.3 is 0 Å². The van der Waals surface area contributed by atoms with Crippen LogP contribution in [-0.4, -0.2) is 19.3 Å². The van der Waals surface area contributed by atoms with Gasteiger partial charge in [0.1, 0.15) is 16.7 Å². The standard InChI is InChI=1S/C19H27NO3S/c1-8-24(22,23)14(12-20)9-13-10-15(18(2,3)4)17(21)16(11-13)19(5,6)7/h9-11,21H,8H2,1-7H3/b14-9-. The van der Waals surface area contributed by atoms with Crippen LogP contribution in [0.5, 0.6) is 5.75 Å². The van der Waals surface area contributed by atoms with Crippen LogP contribution in [0.25, 0.3) is 6.08 Å². The molecule has 0 aliphatic heterocycles. The smallest absolute Gasteiger partial charge is 0.188 e. The SMILES string of the molecule is CCS(=O)(=O)/C(C#N)=C\c1cc(C(C)(C)C)c(O)c(C(C)(C)C)c1. The Morgan fingerprint density at radius 2 is 1.54 bits per heavy atom. The van der Waals surface area contributed by atoms with E-state index in [-0.39, 0.29) is 27.2 Å². The molecule has 0 saturated heterocycles. The van der Waals surface area contributed by atoms with Gasteiger partial charge in [-0.05, 0) is 34.6 Å². The first-order valence-electron chi connectivity index (χ1n) is 7.96. The molecule has 0 spiro atoms. The summed E-state index contributed by atoms with van der Waals surface area (Å²) in [6.45, 7) is 13.4. The first-order valence-corrected chi connectivity index (χ1v) is 9.61. The van der Waals surface area contributed by atoms with Crippen LogP contribution in [0.4, 0.5) is 0 Å². The summed E-state index contributed by atoms with van der Waals surface area (Å²) >= 11 is 0. The van der Waals surface area contributed by atoms with Gasteiger partial charge < -0.3 is 5.11 Å². The van der Waals surface area contributed by atoms with Gasteiger partial charge in [0.25, 0.3) is 0 Å². The number of nitrogens with zero attached hydrogens (tertiary/aromatic N) is 1. The summed E-state index contributed by atoms with van der Waals surface area (Å²) in [5.74, 6) is 0.104. The van der Waals surface area contributed by atoms with Crippen LogP contribution in [0, 0.1) is 11.3 Å². The van der Waals surface area contributed by atoms with Gasteiger partial charge in [-0.25, -0.2) is 8.42 Å². The molecule has 1 aromatic rings. The van der Waals surface area contributed by atoms with Crippen LogP contribution < -0.4 is 0 Å². The van der Waals surface area contributed by atoms with Gasteiger partial charge in [0.2, 0.25) is 0 Å². The van der Waals surface area contributed by atoms with E-state index in [1.165, 1.54) is 13.0 Å². The number of allylic oxidation sites excluding steroid dienone is 1. The van der Waals surface area contributed by atoms with Crippen molar-refractivity contribution in [1.82, 2.24) is 0 Å². The summed E-state index contributed by atoms with van der Waals surface area (Å²) in [6, 6.07) is 5.30. The van der Waals surface area contributed by atoms with E-state index in [1.807, 2.05) is 41.5 Å². The minimum Gasteiger partial charge on any atom is -0.507 e. The molecular weight excluding hydrogens is 322 g/mol. The van der Waals surface area contributed by atoms with E-state index < -0.39 is 9.84 Å². The molecule has 0 aliphatic carbocycles. The quantitative estimate of drug-likeness (QED) is 0.826. The lowest BCUT2D eigenvalue weighted by Crippen LogP contribution is -2.17. The zero-order valence-corrected chi connectivity index (χ0v) is 16.4. The van der Waals surface area contributed by atoms with Crippen molar-refractivity contribution in [3.8, 4) is 11.8 Å². The van der Waals surface area contributed by atoms with E-state index in [0.717, 1.165) is 11.1 Å². The van der Waals surface area contributed by atoms with Crippen molar-refractivity contribution in [2.75, 3.05) is 5.75 Å². The lowest BCUT2D eigenvalue weighted by Gasteiger charge is -2.28. The third-order valence-electron chi connectivity index (χ3n) is 3.87. The molecule has 0 unspecified atom stereocenters. The van der Waals surface area contributed by atoms with Crippen molar-refractivity contribution in [3.05, 3.63) is 33.7 Å². The molecule has 0 atom stereocenters. The Balaban J connectivity index is 3.77. The first-order chi connectivity index (χ1) is 10.7. The number of aromatic hydroxyl groups is 1. The lowest BCUT2D eigenvalue weighted by atomic mass is 9.78. The topological polar surface area (TPSA) is 78.2 Å². The highest BCUT2D eigenvalue weighted by molar-refractivity contribution is 7.95. The second kappa shape index (κ2) is 6.60. The normalized spacial score (nSPS) is 13.7. The molecule has 132 valence electrons. The van der Waals surface area contributed by atoms with E-state index in [1.54, 1.807) is 18.2 Å². The lowest BCUT2D eigenvalue weighted by molar-refractivity contribution is 0.423. The second-order valence-corrected chi connectivity index (χ2v) is 10.2. The monoisotopic (exact) mass is 349 g/mol. The Hall–Kier alpha value is -1.80. The van der Waals surface area contributed by atoms with Crippen LogP contribution in [0.2, 0.25) is 0 Å². The number of phenolic OH excluding ortho intramolecular Hbond substituents is 1. The fraction of sp³-hybridized carbons (Fsp3) is 0.526. The molecule has 1 rings (SSSR count). The highest BCUT2D eigenvalue weighted by atomic mass is 32.2. The van der Waals surface area contributed by atoms with Gasteiger partial charge in [0.05, 0.1) is 5.75 Å². The van der Waals surface area contributed by atoms with Crippen LogP contribution in [0.3, 0.4) is 0 Å². The summed E-state index contributed by atoms with van der Waals surface area (Å²) in [5.41, 5.74) is 1.44. The van der Waals surface area contributed by atoms with E-state index in [9.17, 15) is 18.8 Å². The fourth-order valence-corrected chi connectivity index (χ4v) is 3.15. The van der Waals surface area contributed by atoms with Crippen molar-refractivity contribution in [3.63, 3.8) is 0 Å². The number of hydrogen-bond acceptors (Lipinski definition) is 4. The third-order valence-corrected chi connectivity index (χ3v) is 5.51. The number of hydrogen-bond donors (Lipinski definition) is 1. The van der Waals surface area contributed by atoms with Gasteiger partial charge in [0, 0.05) is 11.1 Å². The van der Waals surface area contributed by atoms with Crippen LogP contribution in [0.1, 0.15) is 65.2 Å². The van der Waals surface area contributed by atoms with E-state index >= 15 is 0 Å². The van der Waals surface area contributed by atoms with Gasteiger partial charge in [-0.2, -0.15) is 5.26 Å². The Morgan fingerprint density at radius 1 is 1.12 bits per heavy atom. The molecule has 5 heteroatoms. The maximum Gasteiger partial charge on any atom is 0.188 e. The van der Waals surface area contributed by atoms with E-state index in [2.05, 4.69) is 0 Å². The minimum atomic E-state index is -3.58. The van der Waals surface area contributed by atoms with Crippen LogP contribution in [-0.2, 0) is 20.7 Å². The van der Waals surface area contributed by atoms with Crippen molar-refractivity contribution in [2.24, 2.45) is 0 Å². The molecule has 4 nitrogen and oxygen atoms in total. The Morgan fingerprint density at radius 3 is 1.83 bits per heavy atom. The molecule has 0 aliphatic rings. The Bertz CT molecular complexity index is 763. The molecule has 0 fully saturated rings. The predicted molar refractivity (Wildman–Crippen MR) is 98.6 cm³/mol. The maximum atomic E-state index is 12.0. The third kappa shape index (κ3) is 4.39. The molecule has 1 N–H and O–H groups in total. The first kappa shape index (κ1) is 20.2. The second-order valence-electron chi connectivity index (χ2n) is 7.99. The summed E-state index contributed by atoms with van der Waals surface area (Å²) < 4.78 is 24.1. The predicted octanol–water partition coefficient (Wildman–Crippen LogP) is 4.29. The molecule has 24 heavy (non-hydrogen) atoms. The molecule has 0 heterocycles. The minimum absolute atomic E-state index is 0.122. The number of benzene rings is 1. The summed E-state index contributed by atoms with van der Waals surface area (Å²) in [5, 5.41) is 19.9. The molecule has 1 aromatic carbocycles. The molecule has 0 amide bonds. The molecule has 0 bridgehead atoms. The molecule has 0 saturated carbocycles. The molecule has 0 aromatic heterocycles. The Kier molecular flexibility index (Phi) is 5.57. The average Bonchev–Trinajstić information content (AvgIpc) is 2.43. The summed E-state index contributed by atoms with van der Waals surface area (Å²) in [4.78, 5) is -0.254. The Labute approximate surface area is 145 Å².